The van der Waals surface area contributed by atoms with Gasteiger partial charge in [0.2, 0.25) is 0 Å². The molecule has 0 saturated heterocycles. The van der Waals surface area contributed by atoms with Gasteiger partial charge in [-0.2, -0.15) is 13.2 Å². The molecule has 2 nitrogen and oxygen atoms in total. The number of rotatable bonds is 2. The molecule has 1 rings (SSSR count). The van der Waals surface area contributed by atoms with Crippen LogP contribution >= 0.6 is 23.4 Å². The lowest BCUT2D eigenvalue weighted by Crippen LogP contribution is -2.09. The molecule has 0 radical (unpaired) electrons. The molecule has 0 unspecified atom stereocenters. The van der Waals surface area contributed by atoms with Crippen molar-refractivity contribution in [3.63, 3.8) is 0 Å². The highest BCUT2D eigenvalue weighted by Crippen LogP contribution is 2.38. The Hall–Kier alpha value is -0.880. The monoisotopic (exact) mass is 282 g/mol. The largest absolute Gasteiger partial charge is 0.418 e. The Morgan fingerprint density at radius 1 is 1.47 bits per heavy atom. The summed E-state index contributed by atoms with van der Waals surface area (Å²) in [6, 6.07) is 3.39. The standard InChI is InChI=1S/C10H10ClF3N2S/c1-2-17-9(15)16-8-4-3-6(11)5-7(8)10(12,13)14/h3-5H,2H2,1H3,(H2,15,16). The minimum Gasteiger partial charge on any atom is -0.378 e. The van der Waals surface area contributed by atoms with Crippen LogP contribution in [-0.2, 0) is 6.18 Å². The van der Waals surface area contributed by atoms with E-state index in [4.69, 9.17) is 17.3 Å². The topological polar surface area (TPSA) is 38.4 Å². The summed E-state index contributed by atoms with van der Waals surface area (Å²) < 4.78 is 38.1. The van der Waals surface area contributed by atoms with Crippen LogP contribution in [0.15, 0.2) is 23.2 Å². The first-order valence-electron chi connectivity index (χ1n) is 4.68. The fourth-order valence-electron chi connectivity index (χ4n) is 1.13. The molecule has 0 aliphatic rings. The van der Waals surface area contributed by atoms with E-state index >= 15 is 0 Å². The first-order chi connectivity index (χ1) is 7.84. The van der Waals surface area contributed by atoms with Crippen LogP contribution in [0.1, 0.15) is 12.5 Å². The normalized spacial score (nSPS) is 12.9. The minimum atomic E-state index is -4.50. The van der Waals surface area contributed by atoms with Gasteiger partial charge in [0.1, 0.15) is 0 Å². The third kappa shape index (κ3) is 4.12. The van der Waals surface area contributed by atoms with E-state index in [0.29, 0.717) is 5.75 Å². The second kappa shape index (κ2) is 5.64. The molecule has 0 spiro atoms. The van der Waals surface area contributed by atoms with Crippen LogP contribution in [0.25, 0.3) is 0 Å². The number of nitrogens with zero attached hydrogens (tertiary/aromatic N) is 1. The molecule has 17 heavy (non-hydrogen) atoms. The maximum atomic E-state index is 12.7. The van der Waals surface area contributed by atoms with Crippen molar-refractivity contribution in [1.29, 1.82) is 0 Å². The molecule has 0 aromatic heterocycles. The van der Waals surface area contributed by atoms with Gasteiger partial charge in [0.25, 0.3) is 0 Å². The Balaban J connectivity index is 3.20. The van der Waals surface area contributed by atoms with E-state index in [2.05, 4.69) is 4.99 Å². The van der Waals surface area contributed by atoms with Gasteiger partial charge in [-0.1, -0.05) is 30.3 Å². The number of thioether (sulfide) groups is 1. The van der Waals surface area contributed by atoms with Crippen LogP contribution in [0.5, 0.6) is 0 Å². The number of amidine groups is 1. The third-order valence-electron chi connectivity index (χ3n) is 1.79. The first-order valence-corrected chi connectivity index (χ1v) is 6.04. The molecule has 0 aliphatic heterocycles. The molecule has 94 valence electrons. The number of aliphatic imine (C=N–C) groups is 1. The molecule has 0 bridgehead atoms. The van der Waals surface area contributed by atoms with Crippen molar-refractivity contribution in [2.75, 3.05) is 5.75 Å². The van der Waals surface area contributed by atoms with E-state index in [9.17, 15) is 13.2 Å². The lowest BCUT2D eigenvalue weighted by atomic mass is 10.2. The highest BCUT2D eigenvalue weighted by molar-refractivity contribution is 8.13. The van der Waals surface area contributed by atoms with Crippen LogP contribution in [0.3, 0.4) is 0 Å². The van der Waals surface area contributed by atoms with E-state index in [0.717, 1.165) is 6.07 Å². The molecule has 0 atom stereocenters. The van der Waals surface area contributed by atoms with Crippen LogP contribution in [0, 0.1) is 0 Å². The van der Waals surface area contributed by atoms with E-state index in [1.54, 1.807) is 0 Å². The van der Waals surface area contributed by atoms with Gasteiger partial charge in [-0.15, -0.1) is 0 Å². The van der Waals surface area contributed by atoms with Crippen molar-refractivity contribution in [3.05, 3.63) is 28.8 Å². The molecule has 0 aliphatic carbocycles. The molecular formula is C10H10ClF3N2S. The number of halogens is 4. The fourth-order valence-corrected chi connectivity index (χ4v) is 1.76. The highest BCUT2D eigenvalue weighted by atomic mass is 35.5. The smallest absolute Gasteiger partial charge is 0.378 e. The van der Waals surface area contributed by atoms with Crippen molar-refractivity contribution in [2.45, 2.75) is 13.1 Å². The van der Waals surface area contributed by atoms with E-state index in [1.165, 1.54) is 23.9 Å². The van der Waals surface area contributed by atoms with Gasteiger partial charge >= 0.3 is 6.18 Å². The average molecular weight is 283 g/mol. The number of nitrogens with two attached hydrogens (primary N) is 1. The van der Waals surface area contributed by atoms with Crippen LogP contribution in [0.2, 0.25) is 5.02 Å². The van der Waals surface area contributed by atoms with Gasteiger partial charge in [0.05, 0.1) is 11.3 Å². The summed E-state index contributed by atoms with van der Waals surface area (Å²) in [5.41, 5.74) is 4.37. The summed E-state index contributed by atoms with van der Waals surface area (Å²) in [5, 5.41) is 0.110. The Morgan fingerprint density at radius 2 is 2.12 bits per heavy atom. The third-order valence-corrected chi connectivity index (χ3v) is 2.70. The lowest BCUT2D eigenvalue weighted by molar-refractivity contribution is -0.137. The quantitative estimate of drug-likeness (QED) is 0.656. The van der Waals surface area contributed by atoms with Crippen molar-refractivity contribution in [2.24, 2.45) is 10.7 Å². The van der Waals surface area contributed by atoms with Gasteiger partial charge in [-0.3, -0.25) is 0 Å². The Morgan fingerprint density at radius 3 is 2.65 bits per heavy atom. The van der Waals surface area contributed by atoms with Crippen molar-refractivity contribution >= 4 is 34.2 Å². The van der Waals surface area contributed by atoms with Crippen LogP contribution in [-0.4, -0.2) is 10.9 Å². The second-order valence-corrected chi connectivity index (χ2v) is 4.76. The van der Waals surface area contributed by atoms with E-state index in [1.807, 2.05) is 6.92 Å². The second-order valence-electron chi connectivity index (χ2n) is 3.04. The molecule has 0 amide bonds. The van der Waals surface area contributed by atoms with Gasteiger partial charge in [0.15, 0.2) is 5.17 Å². The van der Waals surface area contributed by atoms with Gasteiger partial charge in [-0.25, -0.2) is 4.99 Å². The van der Waals surface area contributed by atoms with Crippen molar-refractivity contribution in [3.8, 4) is 0 Å². The van der Waals surface area contributed by atoms with Crippen molar-refractivity contribution in [1.82, 2.24) is 0 Å². The fraction of sp³-hybridized carbons (Fsp3) is 0.300. The number of hydrogen-bond acceptors (Lipinski definition) is 2. The summed E-state index contributed by atoms with van der Waals surface area (Å²) in [4.78, 5) is 3.74. The Bertz CT molecular complexity index is 432. The molecule has 1 aromatic rings. The van der Waals surface area contributed by atoms with Gasteiger partial charge in [0, 0.05) is 5.02 Å². The first kappa shape index (κ1) is 14.2. The molecule has 0 heterocycles. The summed E-state index contributed by atoms with van der Waals surface area (Å²) >= 11 is 6.71. The number of alkyl halides is 3. The molecule has 7 heteroatoms. The zero-order chi connectivity index (χ0) is 13.1. The highest BCUT2D eigenvalue weighted by Gasteiger charge is 2.33. The number of benzene rings is 1. The zero-order valence-electron chi connectivity index (χ0n) is 8.88. The van der Waals surface area contributed by atoms with Gasteiger partial charge in [-0.05, 0) is 24.0 Å². The van der Waals surface area contributed by atoms with Crippen LogP contribution in [0.4, 0.5) is 18.9 Å². The SMILES string of the molecule is CCSC(N)=Nc1ccc(Cl)cc1C(F)(F)F. The average Bonchev–Trinajstić information content (AvgIpc) is 2.19. The predicted molar refractivity (Wildman–Crippen MR) is 65.9 cm³/mol. The molecule has 2 N–H and O–H groups in total. The number of hydrogen-bond donors (Lipinski definition) is 1. The summed E-state index contributed by atoms with van der Waals surface area (Å²) in [6.07, 6.45) is -4.50. The minimum absolute atomic E-state index is 0.0120. The summed E-state index contributed by atoms with van der Waals surface area (Å²) in [6.45, 7) is 1.83. The Labute approximate surface area is 106 Å². The maximum Gasteiger partial charge on any atom is 0.418 e. The van der Waals surface area contributed by atoms with E-state index < -0.39 is 11.7 Å². The van der Waals surface area contributed by atoms with Crippen molar-refractivity contribution < 1.29 is 13.2 Å². The van der Waals surface area contributed by atoms with E-state index in [-0.39, 0.29) is 15.9 Å². The zero-order valence-corrected chi connectivity index (χ0v) is 10.5. The summed E-state index contributed by atoms with van der Waals surface area (Å²) in [5.74, 6) is 0.643. The molecule has 1 aromatic carbocycles. The molecule has 0 saturated carbocycles. The van der Waals surface area contributed by atoms with Crippen LogP contribution < -0.4 is 5.73 Å². The molecule has 0 fully saturated rings. The predicted octanol–water partition coefficient (Wildman–Crippen LogP) is 4.06. The molecular weight excluding hydrogens is 273 g/mol. The lowest BCUT2D eigenvalue weighted by Gasteiger charge is -2.10. The summed E-state index contributed by atoms with van der Waals surface area (Å²) in [7, 11) is 0. The maximum absolute atomic E-state index is 12.7. The Kier molecular flexibility index (Phi) is 4.70. The van der Waals surface area contributed by atoms with Gasteiger partial charge < -0.3 is 5.73 Å².